The SMILES string of the molecule is NNC(Cc1ccc(Cl)cc1)C1=CCCCCC1. The summed E-state index contributed by atoms with van der Waals surface area (Å²) in [7, 11) is 0. The average Bonchev–Trinajstić information content (AvgIpc) is 2.67. The van der Waals surface area contributed by atoms with Crippen LogP contribution in [0.5, 0.6) is 0 Å². The van der Waals surface area contributed by atoms with Gasteiger partial charge in [0.05, 0.1) is 0 Å². The Labute approximate surface area is 114 Å². The minimum atomic E-state index is 0.254. The van der Waals surface area contributed by atoms with E-state index in [-0.39, 0.29) is 6.04 Å². The van der Waals surface area contributed by atoms with Gasteiger partial charge < -0.3 is 0 Å². The Hall–Kier alpha value is -0.830. The van der Waals surface area contributed by atoms with Crippen LogP contribution >= 0.6 is 11.6 Å². The topological polar surface area (TPSA) is 38.0 Å². The minimum absolute atomic E-state index is 0.254. The van der Waals surface area contributed by atoms with Gasteiger partial charge in [0, 0.05) is 11.1 Å². The summed E-state index contributed by atoms with van der Waals surface area (Å²) in [5.41, 5.74) is 5.70. The predicted octanol–water partition coefficient (Wildman–Crippen LogP) is 3.60. The quantitative estimate of drug-likeness (QED) is 0.495. The molecule has 0 heterocycles. The van der Waals surface area contributed by atoms with E-state index in [1.54, 1.807) is 0 Å². The number of benzene rings is 1. The van der Waals surface area contributed by atoms with E-state index >= 15 is 0 Å². The molecule has 1 aromatic carbocycles. The highest BCUT2D eigenvalue weighted by atomic mass is 35.5. The fourth-order valence-electron chi connectivity index (χ4n) is 2.51. The number of hydrogen-bond donors (Lipinski definition) is 2. The molecule has 1 aromatic rings. The molecule has 0 saturated heterocycles. The first-order chi connectivity index (χ1) is 8.79. The van der Waals surface area contributed by atoms with Crippen LogP contribution in [0.4, 0.5) is 0 Å². The van der Waals surface area contributed by atoms with Crippen molar-refractivity contribution in [1.82, 2.24) is 5.43 Å². The highest BCUT2D eigenvalue weighted by Crippen LogP contribution is 2.22. The molecule has 0 spiro atoms. The molecule has 1 aliphatic rings. The number of hydrazine groups is 1. The lowest BCUT2D eigenvalue weighted by Crippen LogP contribution is -2.38. The normalized spacial score (nSPS) is 18.0. The van der Waals surface area contributed by atoms with Gasteiger partial charge in [-0.3, -0.25) is 11.3 Å². The number of rotatable bonds is 4. The van der Waals surface area contributed by atoms with Crippen LogP contribution in [-0.2, 0) is 6.42 Å². The van der Waals surface area contributed by atoms with Gasteiger partial charge in [-0.05, 0) is 49.8 Å². The monoisotopic (exact) mass is 264 g/mol. The van der Waals surface area contributed by atoms with E-state index in [4.69, 9.17) is 17.4 Å². The standard InChI is InChI=1S/C15H21ClN2/c16-14-9-7-12(8-10-14)11-15(18-17)13-5-3-1-2-4-6-13/h5,7-10,15,18H,1-4,6,11,17H2. The molecule has 2 nitrogen and oxygen atoms in total. The third-order valence-corrected chi connectivity index (χ3v) is 3.83. The molecule has 1 unspecified atom stereocenters. The molecule has 1 atom stereocenters. The number of allylic oxidation sites excluding steroid dienone is 1. The molecule has 0 aliphatic heterocycles. The van der Waals surface area contributed by atoms with Crippen LogP contribution in [0.25, 0.3) is 0 Å². The highest BCUT2D eigenvalue weighted by molar-refractivity contribution is 6.30. The van der Waals surface area contributed by atoms with Gasteiger partial charge >= 0.3 is 0 Å². The second kappa shape index (κ2) is 6.93. The maximum absolute atomic E-state index is 5.90. The third-order valence-electron chi connectivity index (χ3n) is 3.58. The van der Waals surface area contributed by atoms with Gasteiger partial charge in [0.25, 0.3) is 0 Å². The molecule has 1 aliphatic carbocycles. The van der Waals surface area contributed by atoms with E-state index in [0.29, 0.717) is 0 Å². The van der Waals surface area contributed by atoms with Gasteiger partial charge in [0.15, 0.2) is 0 Å². The van der Waals surface area contributed by atoms with Crippen LogP contribution in [0.2, 0.25) is 5.02 Å². The lowest BCUT2D eigenvalue weighted by Gasteiger charge is -2.19. The van der Waals surface area contributed by atoms with E-state index in [1.807, 2.05) is 12.1 Å². The molecule has 0 aromatic heterocycles. The van der Waals surface area contributed by atoms with Gasteiger partial charge in [-0.25, -0.2) is 0 Å². The largest absolute Gasteiger partial charge is 0.271 e. The first-order valence-corrected chi connectivity index (χ1v) is 7.07. The van der Waals surface area contributed by atoms with E-state index in [2.05, 4.69) is 23.6 Å². The zero-order valence-electron chi connectivity index (χ0n) is 10.7. The lowest BCUT2D eigenvalue weighted by atomic mass is 9.96. The van der Waals surface area contributed by atoms with Gasteiger partial charge in [0.1, 0.15) is 0 Å². The Morgan fingerprint density at radius 2 is 1.94 bits per heavy atom. The Balaban J connectivity index is 2.04. The molecule has 0 bridgehead atoms. The summed E-state index contributed by atoms with van der Waals surface area (Å²) in [5.74, 6) is 5.72. The van der Waals surface area contributed by atoms with Crippen molar-refractivity contribution < 1.29 is 0 Å². The molecule has 0 radical (unpaired) electrons. The molecule has 2 rings (SSSR count). The zero-order chi connectivity index (χ0) is 12.8. The molecule has 0 saturated carbocycles. The molecule has 3 heteroatoms. The number of hydrogen-bond acceptors (Lipinski definition) is 2. The first-order valence-electron chi connectivity index (χ1n) is 6.69. The van der Waals surface area contributed by atoms with Crippen molar-refractivity contribution in [3.05, 3.63) is 46.5 Å². The second-order valence-corrected chi connectivity index (χ2v) is 5.36. The van der Waals surface area contributed by atoms with Crippen LogP contribution in [0.15, 0.2) is 35.9 Å². The van der Waals surface area contributed by atoms with Crippen molar-refractivity contribution in [1.29, 1.82) is 0 Å². The van der Waals surface area contributed by atoms with E-state index < -0.39 is 0 Å². The van der Waals surface area contributed by atoms with E-state index in [0.717, 1.165) is 11.4 Å². The Kier molecular flexibility index (Phi) is 5.24. The molecular weight excluding hydrogens is 244 g/mol. The molecular formula is C15H21ClN2. The average molecular weight is 265 g/mol. The molecule has 98 valence electrons. The van der Waals surface area contributed by atoms with Crippen LogP contribution in [0.1, 0.15) is 37.7 Å². The molecule has 3 N–H and O–H groups in total. The second-order valence-electron chi connectivity index (χ2n) is 4.93. The van der Waals surface area contributed by atoms with Crippen LogP contribution in [0.3, 0.4) is 0 Å². The third kappa shape index (κ3) is 3.84. The molecule has 18 heavy (non-hydrogen) atoms. The van der Waals surface area contributed by atoms with E-state index in [9.17, 15) is 0 Å². The zero-order valence-corrected chi connectivity index (χ0v) is 11.4. The summed E-state index contributed by atoms with van der Waals surface area (Å²) >= 11 is 5.90. The fraction of sp³-hybridized carbons (Fsp3) is 0.467. The van der Waals surface area contributed by atoms with Crippen molar-refractivity contribution in [3.8, 4) is 0 Å². The van der Waals surface area contributed by atoms with Gasteiger partial charge in [0.2, 0.25) is 0 Å². The van der Waals surface area contributed by atoms with Gasteiger partial charge in [-0.2, -0.15) is 0 Å². The van der Waals surface area contributed by atoms with Crippen LogP contribution < -0.4 is 11.3 Å². The Morgan fingerprint density at radius 1 is 1.17 bits per heavy atom. The summed E-state index contributed by atoms with van der Waals surface area (Å²) in [5, 5.41) is 0.782. The Bertz CT molecular complexity index is 397. The van der Waals surface area contributed by atoms with Crippen molar-refractivity contribution in [2.45, 2.75) is 44.6 Å². The van der Waals surface area contributed by atoms with Gasteiger partial charge in [-0.15, -0.1) is 0 Å². The van der Waals surface area contributed by atoms with Crippen LogP contribution in [0, 0.1) is 0 Å². The number of halogens is 1. The summed E-state index contributed by atoms with van der Waals surface area (Å²) in [6.07, 6.45) is 9.58. The summed E-state index contributed by atoms with van der Waals surface area (Å²) < 4.78 is 0. The maximum Gasteiger partial charge on any atom is 0.0460 e. The van der Waals surface area contributed by atoms with Crippen molar-refractivity contribution >= 4 is 11.6 Å². The summed E-state index contributed by atoms with van der Waals surface area (Å²) in [6, 6.07) is 8.27. The van der Waals surface area contributed by atoms with Crippen molar-refractivity contribution in [3.63, 3.8) is 0 Å². The smallest absolute Gasteiger partial charge is 0.0460 e. The molecule has 0 fully saturated rings. The maximum atomic E-state index is 5.90. The summed E-state index contributed by atoms with van der Waals surface area (Å²) in [4.78, 5) is 0. The fourth-order valence-corrected chi connectivity index (χ4v) is 2.64. The lowest BCUT2D eigenvalue weighted by molar-refractivity contribution is 0.564. The highest BCUT2D eigenvalue weighted by Gasteiger charge is 2.14. The van der Waals surface area contributed by atoms with Gasteiger partial charge in [-0.1, -0.05) is 41.8 Å². The minimum Gasteiger partial charge on any atom is -0.271 e. The van der Waals surface area contributed by atoms with Crippen LogP contribution in [-0.4, -0.2) is 6.04 Å². The number of nitrogens with one attached hydrogen (secondary N) is 1. The summed E-state index contributed by atoms with van der Waals surface area (Å²) in [6.45, 7) is 0. The predicted molar refractivity (Wildman–Crippen MR) is 77.4 cm³/mol. The van der Waals surface area contributed by atoms with Crippen molar-refractivity contribution in [2.24, 2.45) is 5.84 Å². The molecule has 0 amide bonds. The first kappa shape index (κ1) is 13.6. The Morgan fingerprint density at radius 3 is 2.67 bits per heavy atom. The van der Waals surface area contributed by atoms with E-state index in [1.165, 1.54) is 43.2 Å². The number of nitrogens with two attached hydrogens (primary N) is 1. The van der Waals surface area contributed by atoms with Crippen molar-refractivity contribution in [2.75, 3.05) is 0 Å².